The highest BCUT2D eigenvalue weighted by molar-refractivity contribution is 5.83. The van der Waals surface area contributed by atoms with Gasteiger partial charge in [0.05, 0.1) is 13.2 Å². The van der Waals surface area contributed by atoms with Gasteiger partial charge in [-0.05, 0) is 39.8 Å². The number of hydrogen-bond acceptors (Lipinski definition) is 5. The van der Waals surface area contributed by atoms with Crippen molar-refractivity contribution >= 4 is 11.9 Å². The van der Waals surface area contributed by atoms with Crippen LogP contribution in [-0.4, -0.2) is 62.3 Å². The van der Waals surface area contributed by atoms with Crippen molar-refractivity contribution in [2.45, 2.75) is 38.8 Å². The maximum atomic E-state index is 12.1. The molecule has 1 aliphatic rings. The fraction of sp³-hybridized carbons (Fsp3) is 0.846. The lowest BCUT2D eigenvalue weighted by molar-refractivity contribution is -0.151. The molecule has 6 heteroatoms. The van der Waals surface area contributed by atoms with E-state index in [1.807, 2.05) is 13.8 Å². The Morgan fingerprint density at radius 2 is 1.95 bits per heavy atom. The maximum Gasteiger partial charge on any atom is 0.325 e. The zero-order chi connectivity index (χ0) is 14.3. The fourth-order valence-corrected chi connectivity index (χ4v) is 2.00. The number of methoxy groups -OCH3 is 1. The van der Waals surface area contributed by atoms with Gasteiger partial charge in [0.1, 0.15) is 13.2 Å². The molecule has 1 heterocycles. The van der Waals surface area contributed by atoms with Crippen LogP contribution in [0, 0.1) is 0 Å². The van der Waals surface area contributed by atoms with E-state index in [0.29, 0.717) is 0 Å². The third kappa shape index (κ3) is 5.57. The van der Waals surface area contributed by atoms with E-state index in [1.54, 1.807) is 0 Å². The number of amides is 1. The summed E-state index contributed by atoms with van der Waals surface area (Å²) >= 11 is 0. The van der Waals surface area contributed by atoms with E-state index in [-0.39, 0.29) is 31.2 Å². The summed E-state index contributed by atoms with van der Waals surface area (Å²) in [5, 5.41) is 3.24. The molecule has 0 aromatic heterocycles. The molecule has 0 aliphatic carbocycles. The molecule has 19 heavy (non-hydrogen) atoms. The number of nitrogens with zero attached hydrogens (tertiary/aromatic N) is 1. The monoisotopic (exact) mass is 272 g/mol. The number of carbonyl (C=O) groups is 2. The van der Waals surface area contributed by atoms with Crippen LogP contribution in [0.4, 0.5) is 0 Å². The van der Waals surface area contributed by atoms with Crippen LogP contribution in [0.5, 0.6) is 0 Å². The molecule has 110 valence electrons. The van der Waals surface area contributed by atoms with Gasteiger partial charge in [-0.2, -0.15) is 0 Å². The molecule has 0 spiro atoms. The lowest BCUT2D eigenvalue weighted by Crippen LogP contribution is -2.44. The summed E-state index contributed by atoms with van der Waals surface area (Å²) in [4.78, 5) is 24.8. The summed E-state index contributed by atoms with van der Waals surface area (Å²) in [5.41, 5.74) is 0. The Bertz CT molecular complexity index is 301. The van der Waals surface area contributed by atoms with E-state index in [1.165, 1.54) is 12.0 Å². The number of ether oxygens (including phenoxy) is 2. The van der Waals surface area contributed by atoms with Gasteiger partial charge >= 0.3 is 5.97 Å². The Labute approximate surface area is 114 Å². The first kappa shape index (κ1) is 15.9. The highest BCUT2D eigenvalue weighted by atomic mass is 16.5. The molecule has 6 nitrogen and oxygen atoms in total. The average molecular weight is 272 g/mol. The van der Waals surface area contributed by atoms with Gasteiger partial charge in [-0.3, -0.25) is 9.59 Å². The molecule has 0 aromatic rings. The van der Waals surface area contributed by atoms with E-state index in [0.717, 1.165) is 25.9 Å². The molecule has 0 bridgehead atoms. The van der Waals surface area contributed by atoms with Crippen molar-refractivity contribution in [1.82, 2.24) is 10.2 Å². The predicted octanol–water partition coefficient (Wildman–Crippen LogP) is 0.165. The van der Waals surface area contributed by atoms with Crippen LogP contribution in [0.2, 0.25) is 0 Å². The fourth-order valence-electron chi connectivity index (χ4n) is 2.00. The Morgan fingerprint density at radius 1 is 1.32 bits per heavy atom. The second-order valence-corrected chi connectivity index (χ2v) is 4.95. The van der Waals surface area contributed by atoms with Crippen molar-refractivity contribution in [3.63, 3.8) is 0 Å². The van der Waals surface area contributed by atoms with Crippen LogP contribution in [-0.2, 0) is 19.1 Å². The van der Waals surface area contributed by atoms with Gasteiger partial charge in [0.2, 0.25) is 5.91 Å². The lowest BCUT2D eigenvalue weighted by atomic mass is 10.1. The van der Waals surface area contributed by atoms with Crippen molar-refractivity contribution in [3.8, 4) is 0 Å². The molecule has 0 aromatic carbocycles. The number of nitrogens with one attached hydrogen (secondary N) is 1. The van der Waals surface area contributed by atoms with Crippen LogP contribution in [0.1, 0.15) is 26.7 Å². The number of rotatable bonds is 6. The second-order valence-electron chi connectivity index (χ2n) is 4.95. The zero-order valence-corrected chi connectivity index (χ0v) is 12.0. The first-order valence-electron chi connectivity index (χ1n) is 6.73. The molecule has 0 atom stereocenters. The van der Waals surface area contributed by atoms with E-state index in [4.69, 9.17) is 4.74 Å². The number of piperidine rings is 1. The number of esters is 1. The van der Waals surface area contributed by atoms with Crippen LogP contribution < -0.4 is 5.32 Å². The highest BCUT2D eigenvalue weighted by Crippen LogP contribution is 2.08. The Morgan fingerprint density at radius 3 is 2.47 bits per heavy atom. The Kier molecular flexibility index (Phi) is 6.80. The molecule has 0 radical (unpaired) electrons. The molecule has 1 rings (SSSR count). The third-order valence-electron chi connectivity index (χ3n) is 3.20. The largest absolute Gasteiger partial charge is 0.468 e. The first-order chi connectivity index (χ1) is 9.04. The summed E-state index contributed by atoms with van der Waals surface area (Å²) in [6, 6.07) is -0.0526. The zero-order valence-electron chi connectivity index (χ0n) is 12.0. The number of hydrogen-bond donors (Lipinski definition) is 1. The van der Waals surface area contributed by atoms with Crippen molar-refractivity contribution in [3.05, 3.63) is 0 Å². The van der Waals surface area contributed by atoms with Crippen LogP contribution >= 0.6 is 0 Å². The van der Waals surface area contributed by atoms with E-state index in [9.17, 15) is 9.59 Å². The van der Waals surface area contributed by atoms with Crippen molar-refractivity contribution < 1.29 is 19.1 Å². The first-order valence-corrected chi connectivity index (χ1v) is 6.73. The van der Waals surface area contributed by atoms with Gasteiger partial charge in [0, 0.05) is 6.04 Å². The maximum absolute atomic E-state index is 12.1. The highest BCUT2D eigenvalue weighted by Gasteiger charge is 2.22. The summed E-state index contributed by atoms with van der Waals surface area (Å²) in [6.45, 7) is 5.59. The smallest absolute Gasteiger partial charge is 0.325 e. The van der Waals surface area contributed by atoms with Crippen molar-refractivity contribution in [2.24, 2.45) is 0 Å². The van der Waals surface area contributed by atoms with Gasteiger partial charge in [-0.15, -0.1) is 0 Å². The minimum atomic E-state index is -0.413. The second kappa shape index (κ2) is 8.12. The SMILES string of the molecule is COC(=O)CN(C(=O)COC1CCNCC1)C(C)C. The summed E-state index contributed by atoms with van der Waals surface area (Å²) in [6.07, 6.45) is 1.98. The predicted molar refractivity (Wildman–Crippen MR) is 70.7 cm³/mol. The van der Waals surface area contributed by atoms with Crippen LogP contribution in [0.25, 0.3) is 0 Å². The molecule has 0 saturated carbocycles. The van der Waals surface area contributed by atoms with Crippen molar-refractivity contribution in [1.29, 1.82) is 0 Å². The van der Waals surface area contributed by atoms with Gasteiger partial charge in [-0.1, -0.05) is 0 Å². The number of carbonyl (C=O) groups excluding carboxylic acids is 2. The van der Waals surface area contributed by atoms with Gasteiger partial charge in [0.25, 0.3) is 0 Å². The summed E-state index contributed by atoms with van der Waals surface area (Å²) in [7, 11) is 1.32. The molecule has 1 fully saturated rings. The molecule has 1 aliphatic heterocycles. The van der Waals surface area contributed by atoms with Gasteiger partial charge in [-0.25, -0.2) is 0 Å². The van der Waals surface area contributed by atoms with Crippen LogP contribution in [0.3, 0.4) is 0 Å². The summed E-state index contributed by atoms with van der Waals surface area (Å²) < 4.78 is 10.2. The van der Waals surface area contributed by atoms with Gasteiger partial charge in [0.15, 0.2) is 0 Å². The van der Waals surface area contributed by atoms with E-state index < -0.39 is 5.97 Å². The van der Waals surface area contributed by atoms with Crippen LogP contribution in [0.15, 0.2) is 0 Å². The summed E-state index contributed by atoms with van der Waals surface area (Å²) in [5.74, 6) is -0.581. The van der Waals surface area contributed by atoms with Crippen molar-refractivity contribution in [2.75, 3.05) is 33.4 Å². The Balaban J connectivity index is 2.40. The molecular formula is C13H24N2O4. The molecule has 1 N–H and O–H groups in total. The van der Waals surface area contributed by atoms with Gasteiger partial charge < -0.3 is 19.7 Å². The quantitative estimate of drug-likeness (QED) is 0.698. The van der Waals surface area contributed by atoms with E-state index in [2.05, 4.69) is 10.1 Å². The minimum Gasteiger partial charge on any atom is -0.468 e. The molecular weight excluding hydrogens is 248 g/mol. The molecule has 1 amide bonds. The van der Waals surface area contributed by atoms with E-state index >= 15 is 0 Å². The minimum absolute atomic E-state index is 0.0252. The standard InChI is InChI=1S/C13H24N2O4/c1-10(2)15(8-13(17)18-3)12(16)9-19-11-4-6-14-7-5-11/h10-11,14H,4-9H2,1-3H3. The topological polar surface area (TPSA) is 67.9 Å². The average Bonchev–Trinajstić information content (AvgIpc) is 2.42. The Hall–Kier alpha value is -1.14. The molecule has 1 saturated heterocycles. The normalized spacial score (nSPS) is 16.4. The third-order valence-corrected chi connectivity index (χ3v) is 3.20. The molecule has 0 unspecified atom stereocenters. The lowest BCUT2D eigenvalue weighted by Gasteiger charge is -2.27.